The van der Waals surface area contributed by atoms with Gasteiger partial charge in [-0.05, 0) is 64.1 Å². The number of rotatable bonds is 7. The van der Waals surface area contributed by atoms with Gasteiger partial charge in [0.15, 0.2) is 0 Å². The van der Waals surface area contributed by atoms with Crippen molar-refractivity contribution in [3.63, 3.8) is 0 Å². The van der Waals surface area contributed by atoms with Crippen LogP contribution in [0.3, 0.4) is 0 Å². The molecule has 0 bridgehead atoms. The number of carbonyl (C=O) groups is 1. The van der Waals surface area contributed by atoms with Crippen LogP contribution in [0.1, 0.15) is 53.6 Å². The second-order valence-electron chi connectivity index (χ2n) is 10.4. The average Bonchev–Trinajstić information content (AvgIpc) is 2.92. The number of hydrogen-bond donors (Lipinski definition) is 1. The zero-order valence-corrected chi connectivity index (χ0v) is 22.1. The lowest BCUT2D eigenvalue weighted by Crippen LogP contribution is -2.39. The second-order valence-corrected chi connectivity index (χ2v) is 10.4. The summed E-state index contributed by atoms with van der Waals surface area (Å²) in [6, 6.07) is 23.0. The maximum Gasteiger partial charge on any atom is 0.251 e. The van der Waals surface area contributed by atoms with Crippen molar-refractivity contribution in [2.24, 2.45) is 0 Å². The van der Waals surface area contributed by atoms with Crippen molar-refractivity contribution in [3.8, 4) is 22.5 Å². The minimum Gasteiger partial charge on any atom is -0.351 e. The van der Waals surface area contributed by atoms with Crippen molar-refractivity contribution in [1.29, 1.82) is 0 Å². The van der Waals surface area contributed by atoms with E-state index < -0.39 is 0 Å². The fourth-order valence-corrected chi connectivity index (χ4v) is 5.34. The second kappa shape index (κ2) is 11.2. The molecule has 1 amide bonds. The lowest BCUT2D eigenvalue weighted by atomic mass is 9.94. The van der Waals surface area contributed by atoms with Gasteiger partial charge in [-0.15, -0.1) is 0 Å². The van der Waals surface area contributed by atoms with Crippen molar-refractivity contribution in [1.82, 2.24) is 20.2 Å². The Labute approximate surface area is 220 Å². The molecule has 5 rings (SSSR count). The molecule has 5 nitrogen and oxygen atoms in total. The first-order chi connectivity index (χ1) is 18.0. The molecule has 1 N–H and O–H groups in total. The third-order valence-corrected chi connectivity index (χ3v) is 7.46. The molecule has 37 heavy (non-hydrogen) atoms. The molecule has 4 aromatic rings. The van der Waals surface area contributed by atoms with E-state index in [1.807, 2.05) is 24.3 Å². The Bertz CT molecular complexity index is 1410. The van der Waals surface area contributed by atoms with Crippen LogP contribution < -0.4 is 5.32 Å². The molecule has 0 radical (unpaired) electrons. The van der Waals surface area contributed by atoms with Crippen molar-refractivity contribution in [2.45, 2.75) is 52.0 Å². The Morgan fingerprint density at radius 1 is 0.838 bits per heavy atom. The van der Waals surface area contributed by atoms with Crippen LogP contribution in [0.25, 0.3) is 33.5 Å². The highest BCUT2D eigenvalue weighted by molar-refractivity contribution is 5.98. The van der Waals surface area contributed by atoms with Gasteiger partial charge >= 0.3 is 0 Å². The lowest BCUT2D eigenvalue weighted by Gasteiger charge is -2.31. The van der Waals surface area contributed by atoms with Gasteiger partial charge in [0, 0.05) is 35.8 Å². The molecule has 0 atom stereocenters. The Balaban J connectivity index is 1.41. The van der Waals surface area contributed by atoms with Crippen LogP contribution in [0.15, 0.2) is 66.7 Å². The third-order valence-electron chi connectivity index (χ3n) is 7.46. The van der Waals surface area contributed by atoms with Gasteiger partial charge in [0.05, 0.1) is 22.4 Å². The van der Waals surface area contributed by atoms with E-state index in [9.17, 15) is 4.79 Å². The fraction of sp³-hybridized carbons (Fsp3) is 0.344. The number of nitrogens with zero attached hydrogens (tertiary/aromatic N) is 3. The summed E-state index contributed by atoms with van der Waals surface area (Å²) in [5.74, 6) is -0.0689. The lowest BCUT2D eigenvalue weighted by molar-refractivity contribution is 0.0944. The first-order valence-corrected chi connectivity index (χ1v) is 13.4. The van der Waals surface area contributed by atoms with Gasteiger partial charge in [0.2, 0.25) is 0 Å². The molecule has 1 aliphatic rings. The molecule has 3 aromatic carbocycles. The van der Waals surface area contributed by atoms with Crippen LogP contribution in [-0.2, 0) is 0 Å². The summed E-state index contributed by atoms with van der Waals surface area (Å²) in [6.45, 7) is 5.66. The maximum atomic E-state index is 13.0. The Kier molecular flexibility index (Phi) is 7.61. The summed E-state index contributed by atoms with van der Waals surface area (Å²) in [5, 5.41) is 3.10. The summed E-state index contributed by atoms with van der Waals surface area (Å²) < 4.78 is 0. The number of fused-ring (bicyclic) bond motifs is 1. The SMILES string of the molecule is Cc1cccc(-c2nc3ccc(C(=O)NCCN(C)C4CCCCC4)cc3nc2-c2cccc(C)c2)c1. The quantitative estimate of drug-likeness (QED) is 0.317. The molecule has 0 unspecified atom stereocenters. The maximum absolute atomic E-state index is 13.0. The van der Waals surface area contributed by atoms with E-state index >= 15 is 0 Å². The normalized spacial score (nSPS) is 14.3. The molecule has 0 spiro atoms. The van der Waals surface area contributed by atoms with Gasteiger partial charge in [-0.2, -0.15) is 0 Å². The van der Waals surface area contributed by atoms with E-state index in [0.29, 0.717) is 18.2 Å². The average molecular weight is 493 g/mol. The van der Waals surface area contributed by atoms with E-state index in [1.165, 1.54) is 43.2 Å². The smallest absolute Gasteiger partial charge is 0.251 e. The number of nitrogens with one attached hydrogen (secondary N) is 1. The highest BCUT2D eigenvalue weighted by atomic mass is 16.1. The van der Waals surface area contributed by atoms with E-state index in [4.69, 9.17) is 9.97 Å². The number of likely N-dealkylation sites (N-methyl/N-ethyl adjacent to an activating group) is 1. The molecule has 1 fully saturated rings. The van der Waals surface area contributed by atoms with Crippen molar-refractivity contribution < 1.29 is 4.79 Å². The van der Waals surface area contributed by atoms with Gasteiger partial charge in [-0.1, -0.05) is 66.8 Å². The fourth-order valence-electron chi connectivity index (χ4n) is 5.34. The Hall–Kier alpha value is -3.57. The van der Waals surface area contributed by atoms with E-state index in [-0.39, 0.29) is 5.91 Å². The predicted molar refractivity (Wildman–Crippen MR) is 152 cm³/mol. The predicted octanol–water partition coefficient (Wildman–Crippen LogP) is 6.57. The topological polar surface area (TPSA) is 58.1 Å². The molecule has 0 aliphatic heterocycles. The van der Waals surface area contributed by atoms with Gasteiger partial charge in [0.1, 0.15) is 0 Å². The van der Waals surface area contributed by atoms with Crippen molar-refractivity contribution >= 4 is 16.9 Å². The van der Waals surface area contributed by atoms with Crippen molar-refractivity contribution in [2.75, 3.05) is 20.1 Å². The van der Waals surface area contributed by atoms with Crippen LogP contribution in [-0.4, -0.2) is 47.0 Å². The number of amides is 1. The zero-order valence-electron chi connectivity index (χ0n) is 22.1. The molecule has 190 valence electrons. The minimum absolute atomic E-state index is 0.0689. The van der Waals surface area contributed by atoms with Crippen LogP contribution in [0.4, 0.5) is 0 Å². The summed E-state index contributed by atoms with van der Waals surface area (Å²) >= 11 is 0. The standard InChI is InChI=1S/C32H36N4O/c1-22-9-7-11-24(19-22)30-31(25-12-8-10-23(2)20-25)35-29-21-26(15-16-28(29)34-30)32(37)33-17-18-36(3)27-13-5-4-6-14-27/h7-12,15-16,19-21,27H,4-6,13-14,17-18H2,1-3H3,(H,33,37). The van der Waals surface area contributed by atoms with Crippen molar-refractivity contribution in [3.05, 3.63) is 83.4 Å². The zero-order chi connectivity index (χ0) is 25.8. The molecule has 1 aliphatic carbocycles. The van der Waals surface area contributed by atoms with E-state index in [1.54, 1.807) is 0 Å². The van der Waals surface area contributed by atoms with Gasteiger partial charge < -0.3 is 10.2 Å². The summed E-state index contributed by atoms with van der Waals surface area (Å²) in [6.07, 6.45) is 6.51. The van der Waals surface area contributed by atoms with Gasteiger partial charge in [-0.3, -0.25) is 4.79 Å². The van der Waals surface area contributed by atoms with E-state index in [2.05, 4.69) is 73.6 Å². The molecular formula is C32H36N4O. The molecule has 1 heterocycles. The Morgan fingerprint density at radius 2 is 1.46 bits per heavy atom. The molecule has 5 heteroatoms. The van der Waals surface area contributed by atoms with Crippen LogP contribution in [0.2, 0.25) is 0 Å². The van der Waals surface area contributed by atoms with Crippen LogP contribution in [0, 0.1) is 13.8 Å². The molecule has 1 saturated carbocycles. The van der Waals surface area contributed by atoms with Gasteiger partial charge in [0.25, 0.3) is 5.91 Å². The number of carbonyl (C=O) groups excluding carboxylic acids is 1. The van der Waals surface area contributed by atoms with Gasteiger partial charge in [-0.25, -0.2) is 9.97 Å². The minimum atomic E-state index is -0.0689. The Morgan fingerprint density at radius 3 is 2.08 bits per heavy atom. The largest absolute Gasteiger partial charge is 0.351 e. The third kappa shape index (κ3) is 5.89. The highest BCUT2D eigenvalue weighted by Crippen LogP contribution is 2.32. The summed E-state index contributed by atoms with van der Waals surface area (Å²) in [4.78, 5) is 25.5. The summed E-state index contributed by atoms with van der Waals surface area (Å²) in [5.41, 5.74) is 8.19. The van der Waals surface area contributed by atoms with Crippen LogP contribution in [0.5, 0.6) is 0 Å². The molecular weight excluding hydrogens is 456 g/mol. The number of hydrogen-bond acceptors (Lipinski definition) is 4. The molecule has 0 saturated heterocycles. The van der Waals surface area contributed by atoms with Crippen LogP contribution >= 0.6 is 0 Å². The molecule has 1 aromatic heterocycles. The van der Waals surface area contributed by atoms with E-state index in [0.717, 1.165) is 40.1 Å². The highest BCUT2D eigenvalue weighted by Gasteiger charge is 2.18. The summed E-state index contributed by atoms with van der Waals surface area (Å²) in [7, 11) is 2.17. The first-order valence-electron chi connectivity index (χ1n) is 13.4. The number of aromatic nitrogens is 2. The number of aryl methyl sites for hydroxylation is 2. The monoisotopic (exact) mass is 492 g/mol. The first kappa shape index (κ1) is 25.1. The number of benzene rings is 3.